The van der Waals surface area contributed by atoms with Crippen molar-refractivity contribution in [2.45, 2.75) is 372 Å². The summed E-state index contributed by atoms with van der Waals surface area (Å²) in [5.74, 6) is -1.18. The first-order valence-electron chi connectivity index (χ1n) is 33.1. The minimum atomic E-state index is -1.61. The molecule has 1 saturated heterocycles. The second-order valence-electron chi connectivity index (χ2n) is 23.2. The summed E-state index contributed by atoms with van der Waals surface area (Å²) in [6.45, 7) is 5.80. The molecular weight excluding hydrogens is 967 g/mol. The van der Waals surface area contributed by atoms with Crippen LogP contribution in [0.1, 0.15) is 323 Å². The van der Waals surface area contributed by atoms with Gasteiger partial charge in [-0.2, -0.15) is 0 Å². The third kappa shape index (κ3) is 42.6. The van der Waals surface area contributed by atoms with Crippen LogP contribution in [0.25, 0.3) is 0 Å². The second kappa shape index (κ2) is 54.7. The predicted octanol–water partition coefficient (Wildman–Crippen LogP) is 16.1. The van der Waals surface area contributed by atoms with Crippen LogP contribution in [0.2, 0.25) is 0 Å². The number of aliphatic hydroxyl groups is 5. The maximum Gasteiger partial charge on any atom is 0.306 e. The molecular formula is C66H125NO10. The maximum absolute atomic E-state index is 13.4. The zero-order valence-corrected chi connectivity index (χ0v) is 50.4. The Balaban J connectivity index is 2.57. The minimum Gasteiger partial charge on any atom is -0.454 e. The zero-order chi connectivity index (χ0) is 56.1. The van der Waals surface area contributed by atoms with Crippen molar-refractivity contribution in [1.29, 1.82) is 0 Å². The van der Waals surface area contributed by atoms with Crippen LogP contribution < -0.4 is 5.32 Å². The Morgan fingerprint density at radius 2 is 0.857 bits per heavy atom. The van der Waals surface area contributed by atoms with Gasteiger partial charge in [0, 0.05) is 6.42 Å². The highest BCUT2D eigenvalue weighted by Gasteiger charge is 2.47. The lowest BCUT2D eigenvalue weighted by molar-refractivity contribution is -0.305. The van der Waals surface area contributed by atoms with Crippen LogP contribution in [-0.4, -0.2) is 99.6 Å². The van der Waals surface area contributed by atoms with Crippen molar-refractivity contribution in [3.05, 3.63) is 24.3 Å². The third-order valence-corrected chi connectivity index (χ3v) is 15.9. The van der Waals surface area contributed by atoms with Crippen molar-refractivity contribution in [3.63, 3.8) is 0 Å². The Morgan fingerprint density at radius 3 is 1.27 bits per heavy atom. The summed E-state index contributed by atoms with van der Waals surface area (Å²) in [4.78, 5) is 26.6. The lowest BCUT2D eigenvalue weighted by Crippen LogP contribution is -2.61. The molecule has 1 heterocycles. The molecule has 0 saturated carbocycles. The van der Waals surface area contributed by atoms with Crippen LogP contribution in [0.15, 0.2) is 24.3 Å². The quantitative estimate of drug-likeness (QED) is 0.0195. The highest BCUT2D eigenvalue weighted by molar-refractivity contribution is 5.80. The molecule has 0 aromatic heterocycles. The van der Waals surface area contributed by atoms with E-state index < -0.39 is 67.4 Å². The van der Waals surface area contributed by atoms with Gasteiger partial charge in [0.1, 0.15) is 24.4 Å². The van der Waals surface area contributed by atoms with Gasteiger partial charge in [-0.25, -0.2) is 0 Å². The van der Waals surface area contributed by atoms with E-state index >= 15 is 0 Å². The summed E-state index contributed by atoms with van der Waals surface area (Å²) < 4.78 is 17.6. The number of allylic oxidation sites excluding steroid dienone is 3. The SMILES string of the molecule is CCCCCC/C=C\CCCCCCCCC(O)C(=O)NC(COC1OC(CO)C(O)C(O)C1OC(=O)CCCCCCCCCCCCCCCCCCCCCCCCC)C(O)/C=C/CCCCCCCCCCC. The van der Waals surface area contributed by atoms with E-state index in [0.29, 0.717) is 12.8 Å². The van der Waals surface area contributed by atoms with Gasteiger partial charge >= 0.3 is 5.97 Å². The molecule has 1 aliphatic heterocycles. The number of rotatable bonds is 57. The van der Waals surface area contributed by atoms with Gasteiger partial charge in [-0.3, -0.25) is 9.59 Å². The average molecular weight is 1090 g/mol. The Labute approximate surface area is 473 Å². The molecule has 8 atom stereocenters. The van der Waals surface area contributed by atoms with Crippen LogP contribution in [0.4, 0.5) is 0 Å². The second-order valence-corrected chi connectivity index (χ2v) is 23.2. The number of ether oxygens (including phenoxy) is 3. The standard InChI is InChI=1S/C66H125NO10/c1-4-7-10-13-16-19-22-24-26-27-28-29-30-31-32-33-34-36-39-42-45-48-51-54-61(71)77-64-63(73)62(72)60(55-68)76-66(64)75-56-57(58(69)52-49-46-43-40-37-21-18-15-12-9-6-3)67-65(74)59(70)53-50-47-44-41-38-35-25-23-20-17-14-11-8-5-2/h20,23,49,52,57-60,62-64,66,68-70,72-73H,4-19,21-22,24-48,50-51,53-56H2,1-3H3,(H,67,74)/b23-20-,52-49+. The first-order chi connectivity index (χ1) is 37.7. The molecule has 0 aromatic rings. The summed E-state index contributed by atoms with van der Waals surface area (Å²) in [5, 5.41) is 57.0. The number of carbonyl (C=O) groups is 2. The van der Waals surface area contributed by atoms with E-state index in [2.05, 4.69) is 38.2 Å². The molecule has 454 valence electrons. The van der Waals surface area contributed by atoms with E-state index in [9.17, 15) is 35.1 Å². The van der Waals surface area contributed by atoms with E-state index in [1.807, 2.05) is 6.08 Å². The first kappa shape index (κ1) is 73.2. The van der Waals surface area contributed by atoms with Gasteiger partial charge in [-0.15, -0.1) is 0 Å². The molecule has 0 aliphatic carbocycles. The van der Waals surface area contributed by atoms with Crippen LogP contribution in [0.3, 0.4) is 0 Å². The largest absolute Gasteiger partial charge is 0.454 e. The fourth-order valence-electron chi connectivity index (χ4n) is 10.6. The molecule has 0 aromatic carbocycles. The third-order valence-electron chi connectivity index (χ3n) is 15.9. The van der Waals surface area contributed by atoms with Gasteiger partial charge in [-0.1, -0.05) is 289 Å². The predicted molar refractivity (Wildman–Crippen MR) is 320 cm³/mol. The fraction of sp³-hybridized carbons (Fsp3) is 0.909. The smallest absolute Gasteiger partial charge is 0.306 e. The number of hydrogen-bond acceptors (Lipinski definition) is 10. The molecule has 1 amide bonds. The number of unbranched alkanes of at least 4 members (excludes halogenated alkanes) is 41. The number of nitrogens with one attached hydrogen (secondary N) is 1. The van der Waals surface area contributed by atoms with E-state index in [1.54, 1.807) is 6.08 Å². The average Bonchev–Trinajstić information content (AvgIpc) is 3.43. The molecule has 1 rings (SSSR count). The van der Waals surface area contributed by atoms with E-state index in [0.717, 1.165) is 70.6 Å². The number of carbonyl (C=O) groups excluding carboxylic acids is 2. The number of hydrogen-bond donors (Lipinski definition) is 6. The lowest BCUT2D eigenvalue weighted by Gasteiger charge is -2.41. The summed E-state index contributed by atoms with van der Waals surface area (Å²) in [7, 11) is 0. The van der Waals surface area contributed by atoms with Crippen molar-refractivity contribution >= 4 is 11.9 Å². The molecule has 0 spiro atoms. The molecule has 11 nitrogen and oxygen atoms in total. The zero-order valence-electron chi connectivity index (χ0n) is 50.4. The molecule has 11 heteroatoms. The van der Waals surface area contributed by atoms with Gasteiger partial charge in [0.25, 0.3) is 0 Å². The van der Waals surface area contributed by atoms with Crippen molar-refractivity contribution in [2.24, 2.45) is 0 Å². The van der Waals surface area contributed by atoms with Crippen molar-refractivity contribution in [1.82, 2.24) is 5.32 Å². The van der Waals surface area contributed by atoms with Crippen LogP contribution >= 0.6 is 0 Å². The topological polar surface area (TPSA) is 175 Å². The summed E-state index contributed by atoms with van der Waals surface area (Å²) in [5.41, 5.74) is 0. The molecule has 8 unspecified atom stereocenters. The van der Waals surface area contributed by atoms with Crippen molar-refractivity contribution in [3.8, 4) is 0 Å². The van der Waals surface area contributed by atoms with Gasteiger partial charge in [-0.05, 0) is 51.4 Å². The molecule has 1 aliphatic rings. The Hall–Kier alpha value is -1.86. The van der Waals surface area contributed by atoms with Gasteiger partial charge in [0.2, 0.25) is 5.91 Å². The fourth-order valence-corrected chi connectivity index (χ4v) is 10.6. The number of esters is 1. The van der Waals surface area contributed by atoms with Crippen LogP contribution in [0.5, 0.6) is 0 Å². The highest BCUT2D eigenvalue weighted by Crippen LogP contribution is 2.26. The minimum absolute atomic E-state index is 0.130. The first-order valence-corrected chi connectivity index (χ1v) is 33.1. The number of amides is 1. The molecule has 1 fully saturated rings. The van der Waals surface area contributed by atoms with Crippen LogP contribution in [0, 0.1) is 0 Å². The molecule has 77 heavy (non-hydrogen) atoms. The number of aliphatic hydroxyl groups excluding tert-OH is 5. The Bertz CT molecular complexity index is 1350. The van der Waals surface area contributed by atoms with Gasteiger partial charge in [0.05, 0.1) is 25.4 Å². The molecule has 0 radical (unpaired) electrons. The summed E-state index contributed by atoms with van der Waals surface area (Å²) in [6, 6.07) is -1.02. The van der Waals surface area contributed by atoms with Gasteiger partial charge < -0.3 is 45.1 Å². The molecule has 0 bridgehead atoms. The molecule has 6 N–H and O–H groups in total. The maximum atomic E-state index is 13.4. The highest BCUT2D eigenvalue weighted by atomic mass is 16.7. The van der Waals surface area contributed by atoms with E-state index in [-0.39, 0.29) is 19.4 Å². The Morgan fingerprint density at radius 1 is 0.494 bits per heavy atom. The monoisotopic (exact) mass is 1090 g/mol. The van der Waals surface area contributed by atoms with Crippen molar-refractivity contribution in [2.75, 3.05) is 13.2 Å². The Kier molecular flexibility index (Phi) is 52.0. The summed E-state index contributed by atoms with van der Waals surface area (Å²) in [6.07, 6.45) is 53.7. The lowest BCUT2D eigenvalue weighted by atomic mass is 9.99. The normalized spacial score (nSPS) is 19.1. The van der Waals surface area contributed by atoms with Gasteiger partial charge in [0.15, 0.2) is 12.4 Å². The summed E-state index contributed by atoms with van der Waals surface area (Å²) >= 11 is 0. The van der Waals surface area contributed by atoms with E-state index in [4.69, 9.17) is 14.2 Å². The van der Waals surface area contributed by atoms with Crippen LogP contribution in [-0.2, 0) is 23.8 Å². The van der Waals surface area contributed by atoms with Crippen molar-refractivity contribution < 1.29 is 49.3 Å². The van der Waals surface area contributed by atoms with E-state index in [1.165, 1.54) is 205 Å².